The maximum absolute atomic E-state index is 11.7. The number of rotatable bonds is 9. The summed E-state index contributed by atoms with van der Waals surface area (Å²) in [5.74, 6) is 1.42. The summed E-state index contributed by atoms with van der Waals surface area (Å²) in [4.78, 5) is 17.9. The maximum atomic E-state index is 11.7. The van der Waals surface area contributed by atoms with Crippen LogP contribution in [0, 0.1) is 0 Å². The van der Waals surface area contributed by atoms with E-state index in [4.69, 9.17) is 9.47 Å². The number of benzene rings is 1. The molecule has 7 heteroatoms. The van der Waals surface area contributed by atoms with E-state index >= 15 is 0 Å². The zero-order valence-corrected chi connectivity index (χ0v) is 15.0. The van der Waals surface area contributed by atoms with E-state index < -0.39 is 0 Å². The summed E-state index contributed by atoms with van der Waals surface area (Å²) >= 11 is 0. The highest BCUT2D eigenvalue weighted by Gasteiger charge is 2.08. The fraction of sp³-hybridized carbons (Fsp3) is 0.529. The van der Waals surface area contributed by atoms with Gasteiger partial charge in [0.15, 0.2) is 5.96 Å². The third-order valence-corrected chi connectivity index (χ3v) is 3.26. The standard InChI is InChI=1S/C17H28N4O3/c1-5-24-15-8-6-14(7-9-15)13-21(3)17(18-2)20-12-16(22)19-10-11-23-4/h6-9H,5,10-13H2,1-4H3,(H,18,20)(H,19,22). The van der Waals surface area contributed by atoms with Crippen molar-refractivity contribution in [1.29, 1.82) is 0 Å². The van der Waals surface area contributed by atoms with E-state index in [1.54, 1.807) is 14.2 Å². The number of guanidine groups is 1. The van der Waals surface area contributed by atoms with Gasteiger partial charge in [-0.15, -0.1) is 0 Å². The molecule has 134 valence electrons. The van der Waals surface area contributed by atoms with Gasteiger partial charge in [0, 0.05) is 34.3 Å². The zero-order chi connectivity index (χ0) is 17.8. The van der Waals surface area contributed by atoms with Gasteiger partial charge in [-0.2, -0.15) is 0 Å². The molecule has 0 aromatic heterocycles. The predicted molar refractivity (Wildman–Crippen MR) is 95.3 cm³/mol. The highest BCUT2D eigenvalue weighted by Crippen LogP contribution is 2.13. The minimum atomic E-state index is -0.0948. The van der Waals surface area contributed by atoms with Crippen molar-refractivity contribution in [3.8, 4) is 5.75 Å². The number of amides is 1. The largest absolute Gasteiger partial charge is 0.494 e. The quantitative estimate of drug-likeness (QED) is 0.397. The molecule has 1 rings (SSSR count). The number of nitrogens with zero attached hydrogens (tertiary/aromatic N) is 2. The third kappa shape index (κ3) is 7.32. The molecule has 0 fully saturated rings. The van der Waals surface area contributed by atoms with Crippen LogP contribution in [0.15, 0.2) is 29.3 Å². The number of aliphatic imine (C=N–C) groups is 1. The number of carbonyl (C=O) groups excluding carboxylic acids is 1. The molecule has 0 aliphatic carbocycles. The van der Waals surface area contributed by atoms with Crippen molar-refractivity contribution in [2.75, 3.05) is 47.5 Å². The summed E-state index contributed by atoms with van der Waals surface area (Å²) in [6.07, 6.45) is 0. The summed E-state index contributed by atoms with van der Waals surface area (Å²) < 4.78 is 10.3. The Morgan fingerprint density at radius 2 is 1.96 bits per heavy atom. The van der Waals surface area contributed by atoms with E-state index in [2.05, 4.69) is 15.6 Å². The molecule has 0 aliphatic rings. The average Bonchev–Trinajstić information content (AvgIpc) is 2.57. The molecule has 7 nitrogen and oxygen atoms in total. The summed E-state index contributed by atoms with van der Waals surface area (Å²) in [7, 11) is 5.22. The van der Waals surface area contributed by atoms with Crippen molar-refractivity contribution in [1.82, 2.24) is 15.5 Å². The Morgan fingerprint density at radius 3 is 2.54 bits per heavy atom. The second-order valence-corrected chi connectivity index (χ2v) is 5.18. The first-order chi connectivity index (χ1) is 11.6. The van der Waals surface area contributed by atoms with Crippen LogP contribution in [0.3, 0.4) is 0 Å². The van der Waals surface area contributed by atoms with Crippen LogP contribution in [0.1, 0.15) is 12.5 Å². The topological polar surface area (TPSA) is 75.2 Å². The van der Waals surface area contributed by atoms with Gasteiger partial charge in [0.05, 0.1) is 19.8 Å². The average molecular weight is 336 g/mol. The molecule has 0 spiro atoms. The molecule has 0 radical (unpaired) electrons. The Kier molecular flexibility index (Phi) is 9.29. The number of nitrogens with one attached hydrogen (secondary N) is 2. The first kappa shape index (κ1) is 19.8. The van der Waals surface area contributed by atoms with Gasteiger partial charge in [-0.25, -0.2) is 0 Å². The van der Waals surface area contributed by atoms with Crippen LogP contribution in [0.2, 0.25) is 0 Å². The molecule has 1 amide bonds. The molecule has 2 N–H and O–H groups in total. The summed E-state index contributed by atoms with van der Waals surface area (Å²) in [6, 6.07) is 7.94. The van der Waals surface area contributed by atoms with Crippen LogP contribution >= 0.6 is 0 Å². The third-order valence-electron chi connectivity index (χ3n) is 3.26. The molecule has 0 heterocycles. The number of hydrogen-bond donors (Lipinski definition) is 2. The van der Waals surface area contributed by atoms with Crippen LogP contribution in [0.25, 0.3) is 0 Å². The van der Waals surface area contributed by atoms with Crippen molar-refractivity contribution >= 4 is 11.9 Å². The lowest BCUT2D eigenvalue weighted by atomic mass is 10.2. The highest BCUT2D eigenvalue weighted by molar-refractivity contribution is 5.86. The Morgan fingerprint density at radius 1 is 1.25 bits per heavy atom. The van der Waals surface area contributed by atoms with Crippen molar-refractivity contribution < 1.29 is 14.3 Å². The Bertz CT molecular complexity index is 517. The number of ether oxygens (including phenoxy) is 2. The van der Waals surface area contributed by atoms with Crippen LogP contribution < -0.4 is 15.4 Å². The fourth-order valence-electron chi connectivity index (χ4n) is 2.11. The van der Waals surface area contributed by atoms with Crippen molar-refractivity contribution in [2.45, 2.75) is 13.5 Å². The number of methoxy groups -OCH3 is 1. The van der Waals surface area contributed by atoms with Crippen LogP contribution in [-0.4, -0.2) is 64.3 Å². The van der Waals surface area contributed by atoms with Crippen LogP contribution in [-0.2, 0) is 16.1 Å². The molecule has 1 aromatic rings. The molecule has 24 heavy (non-hydrogen) atoms. The van der Waals surface area contributed by atoms with E-state index in [1.165, 1.54) is 0 Å². The van der Waals surface area contributed by atoms with Gasteiger partial charge in [0.2, 0.25) is 5.91 Å². The molecule has 0 bridgehead atoms. The normalized spacial score (nSPS) is 11.1. The minimum Gasteiger partial charge on any atom is -0.494 e. The lowest BCUT2D eigenvalue weighted by Gasteiger charge is -2.22. The van der Waals surface area contributed by atoms with Crippen molar-refractivity contribution in [3.05, 3.63) is 29.8 Å². The second kappa shape index (κ2) is 11.3. The van der Waals surface area contributed by atoms with Gasteiger partial charge >= 0.3 is 0 Å². The molecule has 0 unspecified atom stereocenters. The van der Waals surface area contributed by atoms with Gasteiger partial charge in [-0.3, -0.25) is 9.79 Å². The number of hydrogen-bond acceptors (Lipinski definition) is 4. The van der Waals surface area contributed by atoms with Gasteiger partial charge in [0.1, 0.15) is 5.75 Å². The lowest BCUT2D eigenvalue weighted by Crippen LogP contribution is -2.44. The lowest BCUT2D eigenvalue weighted by molar-refractivity contribution is -0.120. The van der Waals surface area contributed by atoms with Crippen LogP contribution in [0.4, 0.5) is 0 Å². The Hall–Kier alpha value is -2.28. The van der Waals surface area contributed by atoms with E-state index in [9.17, 15) is 4.79 Å². The molecular weight excluding hydrogens is 308 g/mol. The van der Waals surface area contributed by atoms with Gasteiger partial charge in [-0.05, 0) is 24.6 Å². The zero-order valence-electron chi connectivity index (χ0n) is 15.0. The van der Waals surface area contributed by atoms with Crippen LogP contribution in [0.5, 0.6) is 5.75 Å². The SMILES string of the molecule is CCOc1ccc(CN(C)C(=NC)NCC(=O)NCCOC)cc1. The Labute approximate surface area is 144 Å². The highest BCUT2D eigenvalue weighted by atomic mass is 16.5. The molecular formula is C17H28N4O3. The van der Waals surface area contributed by atoms with Gasteiger partial charge in [-0.1, -0.05) is 12.1 Å². The molecule has 1 aromatic carbocycles. The second-order valence-electron chi connectivity index (χ2n) is 5.18. The summed E-state index contributed by atoms with van der Waals surface area (Å²) in [5.41, 5.74) is 1.13. The predicted octanol–water partition coefficient (Wildman–Crippen LogP) is 0.855. The van der Waals surface area contributed by atoms with E-state index in [0.29, 0.717) is 32.3 Å². The first-order valence-electron chi connectivity index (χ1n) is 7.99. The fourth-order valence-corrected chi connectivity index (χ4v) is 2.11. The van der Waals surface area contributed by atoms with Gasteiger partial charge < -0.3 is 25.0 Å². The first-order valence-corrected chi connectivity index (χ1v) is 7.99. The molecule has 0 saturated carbocycles. The van der Waals surface area contributed by atoms with E-state index in [0.717, 1.165) is 11.3 Å². The number of carbonyl (C=O) groups is 1. The van der Waals surface area contributed by atoms with E-state index in [-0.39, 0.29) is 12.5 Å². The molecule has 0 atom stereocenters. The summed E-state index contributed by atoms with van der Waals surface area (Å²) in [5, 5.41) is 5.80. The van der Waals surface area contributed by atoms with Crippen molar-refractivity contribution in [2.24, 2.45) is 4.99 Å². The van der Waals surface area contributed by atoms with E-state index in [1.807, 2.05) is 43.1 Å². The monoisotopic (exact) mass is 336 g/mol. The molecule has 0 aliphatic heterocycles. The molecule has 0 saturated heterocycles. The van der Waals surface area contributed by atoms with Crippen molar-refractivity contribution in [3.63, 3.8) is 0 Å². The maximum Gasteiger partial charge on any atom is 0.239 e. The Balaban J connectivity index is 2.45. The van der Waals surface area contributed by atoms with Gasteiger partial charge in [0.25, 0.3) is 0 Å². The smallest absolute Gasteiger partial charge is 0.239 e. The minimum absolute atomic E-state index is 0.0948. The summed E-state index contributed by atoms with van der Waals surface area (Å²) in [6.45, 7) is 4.46.